The average molecular weight is 328 g/mol. The Morgan fingerprint density at radius 2 is 2.00 bits per heavy atom. The molecular weight excluding hydrogens is 303 g/mol. The fraction of sp³-hybridized carbons (Fsp3) is 0.474. The molecule has 0 unspecified atom stereocenters. The molecule has 1 aromatic heterocycles. The van der Waals surface area contributed by atoms with Crippen molar-refractivity contribution >= 4 is 5.82 Å². The summed E-state index contributed by atoms with van der Waals surface area (Å²) in [5.74, 6) is 2.09. The van der Waals surface area contributed by atoms with E-state index in [1.54, 1.807) is 6.07 Å². The van der Waals surface area contributed by atoms with Crippen molar-refractivity contribution in [3.63, 3.8) is 0 Å². The maximum absolute atomic E-state index is 13.5. The minimum atomic E-state index is -0.268. The Morgan fingerprint density at radius 1 is 1.21 bits per heavy atom. The lowest BCUT2D eigenvalue weighted by Crippen LogP contribution is -2.31. The summed E-state index contributed by atoms with van der Waals surface area (Å²) in [6.07, 6.45) is 2.37. The molecule has 0 bridgehead atoms. The number of hydrogen-bond acceptors (Lipinski definition) is 4. The van der Waals surface area contributed by atoms with Gasteiger partial charge in [-0.2, -0.15) is 0 Å². The fourth-order valence-electron chi connectivity index (χ4n) is 2.94. The summed E-state index contributed by atoms with van der Waals surface area (Å²) >= 11 is 0. The van der Waals surface area contributed by atoms with Crippen molar-refractivity contribution < 1.29 is 4.39 Å². The summed E-state index contributed by atoms with van der Waals surface area (Å²) in [5, 5.41) is 6.85. The second kappa shape index (κ2) is 7.71. The van der Waals surface area contributed by atoms with Crippen molar-refractivity contribution in [2.75, 3.05) is 25.0 Å². The van der Waals surface area contributed by atoms with Gasteiger partial charge < -0.3 is 10.6 Å². The molecule has 0 atom stereocenters. The molecule has 5 heteroatoms. The van der Waals surface area contributed by atoms with Crippen molar-refractivity contribution in [1.29, 1.82) is 0 Å². The molecule has 1 aliphatic heterocycles. The van der Waals surface area contributed by atoms with Gasteiger partial charge in [0.05, 0.1) is 0 Å². The summed E-state index contributed by atoms with van der Waals surface area (Å²) in [6.45, 7) is 7.30. The smallest absolute Gasteiger partial charge is 0.161 e. The molecule has 3 rings (SSSR count). The van der Waals surface area contributed by atoms with Crippen molar-refractivity contribution in [1.82, 2.24) is 15.3 Å². The lowest BCUT2D eigenvalue weighted by molar-refractivity contribution is 0.389. The maximum atomic E-state index is 13.5. The van der Waals surface area contributed by atoms with Crippen LogP contribution in [0.3, 0.4) is 0 Å². The molecule has 0 saturated carbocycles. The van der Waals surface area contributed by atoms with E-state index in [-0.39, 0.29) is 5.82 Å². The van der Waals surface area contributed by atoms with Gasteiger partial charge in [-0.3, -0.25) is 0 Å². The Labute approximate surface area is 142 Å². The molecule has 1 aliphatic rings. The van der Waals surface area contributed by atoms with Crippen LogP contribution in [0.25, 0.3) is 11.4 Å². The third-order valence-electron chi connectivity index (χ3n) is 4.45. The van der Waals surface area contributed by atoms with Crippen LogP contribution in [-0.2, 0) is 0 Å². The standard InChI is InChI=1S/C19H25FN4/c1-13(2)17-11-18(22-12-14-6-8-21-9-7-14)24-19(23-17)15-4-3-5-16(20)10-15/h3-5,10-11,13-14,21H,6-9,12H2,1-2H3,(H,22,23,24). The predicted molar refractivity (Wildman–Crippen MR) is 95.6 cm³/mol. The Hall–Kier alpha value is -2.01. The predicted octanol–water partition coefficient (Wildman–Crippen LogP) is 3.82. The van der Waals surface area contributed by atoms with Crippen LogP contribution in [0.1, 0.15) is 38.3 Å². The molecule has 4 nitrogen and oxygen atoms in total. The van der Waals surface area contributed by atoms with Crippen molar-refractivity contribution in [2.24, 2.45) is 5.92 Å². The molecular formula is C19H25FN4. The fourth-order valence-corrected chi connectivity index (χ4v) is 2.94. The van der Waals surface area contributed by atoms with Crippen LogP contribution in [0.15, 0.2) is 30.3 Å². The summed E-state index contributed by atoms with van der Waals surface area (Å²) < 4.78 is 13.5. The Kier molecular flexibility index (Phi) is 5.41. The number of aromatic nitrogens is 2. The third kappa shape index (κ3) is 4.29. The van der Waals surface area contributed by atoms with Crippen molar-refractivity contribution in [3.05, 3.63) is 41.8 Å². The number of nitrogens with one attached hydrogen (secondary N) is 2. The summed E-state index contributed by atoms with van der Waals surface area (Å²) in [7, 11) is 0. The summed E-state index contributed by atoms with van der Waals surface area (Å²) in [5.41, 5.74) is 1.68. The van der Waals surface area contributed by atoms with E-state index in [0.717, 1.165) is 31.1 Å². The van der Waals surface area contributed by atoms with E-state index in [4.69, 9.17) is 0 Å². The number of rotatable bonds is 5. The van der Waals surface area contributed by atoms with E-state index in [9.17, 15) is 4.39 Å². The Balaban J connectivity index is 1.82. The number of hydrogen-bond donors (Lipinski definition) is 2. The molecule has 1 aromatic carbocycles. The SMILES string of the molecule is CC(C)c1cc(NCC2CCNCC2)nc(-c2cccc(F)c2)n1. The summed E-state index contributed by atoms with van der Waals surface area (Å²) in [4.78, 5) is 9.22. The van der Waals surface area contributed by atoms with Gasteiger partial charge in [0.2, 0.25) is 0 Å². The van der Waals surface area contributed by atoms with Crippen LogP contribution in [0.2, 0.25) is 0 Å². The van der Waals surface area contributed by atoms with Crippen molar-refractivity contribution in [3.8, 4) is 11.4 Å². The average Bonchev–Trinajstić information content (AvgIpc) is 2.60. The first kappa shape index (κ1) is 16.8. The van der Waals surface area contributed by atoms with Crippen LogP contribution in [-0.4, -0.2) is 29.6 Å². The minimum Gasteiger partial charge on any atom is -0.370 e. The topological polar surface area (TPSA) is 49.8 Å². The monoisotopic (exact) mass is 328 g/mol. The lowest BCUT2D eigenvalue weighted by Gasteiger charge is -2.23. The first-order chi connectivity index (χ1) is 11.6. The molecule has 1 fully saturated rings. The van der Waals surface area contributed by atoms with Crippen LogP contribution in [0.4, 0.5) is 10.2 Å². The van der Waals surface area contributed by atoms with Gasteiger partial charge >= 0.3 is 0 Å². The van der Waals surface area contributed by atoms with E-state index in [0.29, 0.717) is 23.2 Å². The third-order valence-corrected chi connectivity index (χ3v) is 4.45. The molecule has 0 amide bonds. The van der Waals surface area contributed by atoms with E-state index in [2.05, 4.69) is 34.4 Å². The largest absolute Gasteiger partial charge is 0.370 e. The molecule has 0 spiro atoms. The maximum Gasteiger partial charge on any atom is 0.161 e. The highest BCUT2D eigenvalue weighted by Crippen LogP contribution is 2.23. The second-order valence-corrected chi connectivity index (χ2v) is 6.74. The number of piperidine rings is 1. The zero-order chi connectivity index (χ0) is 16.9. The van der Waals surface area contributed by atoms with Gasteiger partial charge in [-0.25, -0.2) is 14.4 Å². The van der Waals surface area contributed by atoms with Crippen LogP contribution < -0.4 is 10.6 Å². The second-order valence-electron chi connectivity index (χ2n) is 6.74. The highest BCUT2D eigenvalue weighted by Gasteiger charge is 2.14. The molecule has 2 heterocycles. The van der Waals surface area contributed by atoms with Crippen molar-refractivity contribution in [2.45, 2.75) is 32.6 Å². The molecule has 2 N–H and O–H groups in total. The van der Waals surface area contributed by atoms with Crippen LogP contribution in [0.5, 0.6) is 0 Å². The number of anilines is 1. The highest BCUT2D eigenvalue weighted by atomic mass is 19.1. The van der Waals surface area contributed by atoms with E-state index in [1.807, 2.05) is 12.1 Å². The molecule has 24 heavy (non-hydrogen) atoms. The molecule has 1 saturated heterocycles. The minimum absolute atomic E-state index is 0.268. The van der Waals surface area contributed by atoms with Crippen LogP contribution >= 0.6 is 0 Å². The first-order valence-corrected chi connectivity index (χ1v) is 8.71. The van der Waals surface area contributed by atoms with Gasteiger partial charge in [-0.1, -0.05) is 26.0 Å². The van der Waals surface area contributed by atoms with Gasteiger partial charge in [0.1, 0.15) is 11.6 Å². The van der Waals surface area contributed by atoms with Gasteiger partial charge in [0.15, 0.2) is 5.82 Å². The molecule has 2 aromatic rings. The van der Waals surface area contributed by atoms with E-state index < -0.39 is 0 Å². The number of benzene rings is 1. The molecule has 0 aliphatic carbocycles. The van der Waals surface area contributed by atoms with Gasteiger partial charge in [-0.05, 0) is 49.9 Å². The lowest BCUT2D eigenvalue weighted by atomic mass is 9.98. The van der Waals surface area contributed by atoms with Gasteiger partial charge in [0, 0.05) is 23.9 Å². The van der Waals surface area contributed by atoms with Gasteiger partial charge in [0.25, 0.3) is 0 Å². The highest BCUT2D eigenvalue weighted by molar-refractivity contribution is 5.57. The Bertz CT molecular complexity index is 681. The van der Waals surface area contributed by atoms with E-state index >= 15 is 0 Å². The number of nitrogens with zero attached hydrogens (tertiary/aromatic N) is 2. The quantitative estimate of drug-likeness (QED) is 0.876. The first-order valence-electron chi connectivity index (χ1n) is 8.71. The number of halogens is 1. The zero-order valence-corrected chi connectivity index (χ0v) is 14.3. The van der Waals surface area contributed by atoms with Gasteiger partial charge in [-0.15, -0.1) is 0 Å². The zero-order valence-electron chi connectivity index (χ0n) is 14.3. The Morgan fingerprint density at radius 3 is 2.71 bits per heavy atom. The van der Waals surface area contributed by atoms with E-state index in [1.165, 1.54) is 25.0 Å². The molecule has 0 radical (unpaired) electrons. The van der Waals surface area contributed by atoms with Crippen LogP contribution in [0, 0.1) is 11.7 Å². The molecule has 128 valence electrons. The summed E-state index contributed by atoms with van der Waals surface area (Å²) in [6, 6.07) is 8.47. The normalized spacial score (nSPS) is 15.7.